The van der Waals surface area contributed by atoms with Crippen LogP contribution < -0.4 is 11.3 Å². The Hall–Kier alpha value is -0.950. The van der Waals surface area contributed by atoms with E-state index in [-0.39, 0.29) is 11.9 Å². The molecule has 1 atom stereocenters. The van der Waals surface area contributed by atoms with Crippen molar-refractivity contribution in [3.63, 3.8) is 0 Å². The third kappa shape index (κ3) is 3.63. The molecule has 0 aliphatic heterocycles. The third-order valence-electron chi connectivity index (χ3n) is 3.34. The van der Waals surface area contributed by atoms with Crippen LogP contribution in [0.3, 0.4) is 0 Å². The molecule has 1 unspecified atom stereocenters. The van der Waals surface area contributed by atoms with E-state index in [1.54, 1.807) is 0 Å². The fourth-order valence-electron chi connectivity index (χ4n) is 2.31. The highest BCUT2D eigenvalue weighted by Gasteiger charge is 2.19. The number of nitrogens with one attached hydrogen (secondary N) is 1. The number of hydrazine groups is 1. The van der Waals surface area contributed by atoms with E-state index in [1.165, 1.54) is 12.1 Å². The number of nitrogens with two attached hydrogens (primary N) is 1. The van der Waals surface area contributed by atoms with Crippen LogP contribution >= 0.6 is 27.5 Å². The summed E-state index contributed by atoms with van der Waals surface area (Å²) in [6, 6.07) is 4.45. The second kappa shape index (κ2) is 6.87. The fourth-order valence-corrected chi connectivity index (χ4v) is 3.00. The van der Waals surface area contributed by atoms with Crippen molar-refractivity contribution in [3.8, 4) is 0 Å². The molecule has 3 N–H and O–H groups in total. The lowest BCUT2D eigenvalue weighted by Crippen LogP contribution is -2.30. The first-order chi connectivity index (χ1) is 9.96. The highest BCUT2D eigenvalue weighted by molar-refractivity contribution is 9.10. The van der Waals surface area contributed by atoms with Crippen LogP contribution in [0, 0.1) is 12.7 Å². The van der Waals surface area contributed by atoms with Crippen LogP contribution in [0.25, 0.3) is 0 Å². The first-order valence-electron chi connectivity index (χ1n) is 6.60. The first-order valence-corrected chi connectivity index (χ1v) is 7.77. The number of aromatic nitrogens is 2. The predicted molar refractivity (Wildman–Crippen MR) is 85.5 cm³/mol. The van der Waals surface area contributed by atoms with E-state index < -0.39 is 0 Å². The number of rotatable bonds is 5. The molecule has 0 saturated carbocycles. The van der Waals surface area contributed by atoms with Crippen molar-refractivity contribution < 1.29 is 4.39 Å². The summed E-state index contributed by atoms with van der Waals surface area (Å²) in [7, 11) is 0. The molecule has 114 valence electrons. The molecule has 4 nitrogen and oxygen atoms in total. The van der Waals surface area contributed by atoms with Crippen LogP contribution in [0.4, 0.5) is 4.39 Å². The van der Waals surface area contributed by atoms with Gasteiger partial charge in [-0.25, -0.2) is 4.39 Å². The quantitative estimate of drug-likeness (QED) is 0.621. The van der Waals surface area contributed by atoms with Crippen LogP contribution in [0.2, 0.25) is 5.02 Å². The van der Waals surface area contributed by atoms with Crippen molar-refractivity contribution >= 4 is 27.5 Å². The Balaban J connectivity index is 2.35. The van der Waals surface area contributed by atoms with Crippen molar-refractivity contribution in [2.45, 2.75) is 32.9 Å². The van der Waals surface area contributed by atoms with Gasteiger partial charge in [0.15, 0.2) is 0 Å². The van der Waals surface area contributed by atoms with E-state index in [0.29, 0.717) is 22.5 Å². The molecule has 0 saturated heterocycles. The Bertz CT molecular complexity index is 624. The zero-order chi connectivity index (χ0) is 15.6. The van der Waals surface area contributed by atoms with E-state index in [2.05, 4.69) is 26.5 Å². The van der Waals surface area contributed by atoms with Gasteiger partial charge >= 0.3 is 0 Å². The topological polar surface area (TPSA) is 55.9 Å². The van der Waals surface area contributed by atoms with Gasteiger partial charge in [-0.1, -0.05) is 27.5 Å². The molecule has 0 radical (unpaired) electrons. The molecule has 0 aliphatic rings. The molecule has 7 heteroatoms. The monoisotopic (exact) mass is 374 g/mol. The zero-order valence-electron chi connectivity index (χ0n) is 11.8. The second-order valence-electron chi connectivity index (χ2n) is 4.79. The lowest BCUT2D eigenvalue weighted by Gasteiger charge is -2.18. The van der Waals surface area contributed by atoms with Gasteiger partial charge in [0.25, 0.3) is 0 Å². The molecular formula is C14H17BrClFN4. The van der Waals surface area contributed by atoms with E-state index >= 15 is 0 Å². The molecule has 21 heavy (non-hydrogen) atoms. The number of benzene rings is 1. The van der Waals surface area contributed by atoms with Crippen LogP contribution in [-0.4, -0.2) is 9.78 Å². The summed E-state index contributed by atoms with van der Waals surface area (Å²) in [5.41, 5.74) is 5.14. The van der Waals surface area contributed by atoms with Gasteiger partial charge in [0.1, 0.15) is 5.82 Å². The van der Waals surface area contributed by atoms with Gasteiger partial charge in [0, 0.05) is 17.4 Å². The Morgan fingerprint density at radius 3 is 2.76 bits per heavy atom. The molecule has 1 aromatic carbocycles. The number of halogens is 3. The van der Waals surface area contributed by atoms with Crippen molar-refractivity contribution in [1.29, 1.82) is 0 Å². The molecule has 2 aromatic rings. The minimum Gasteiger partial charge on any atom is -0.271 e. The predicted octanol–water partition coefficient (Wildman–Crippen LogP) is 3.51. The second-order valence-corrected chi connectivity index (χ2v) is 6.08. The lowest BCUT2D eigenvalue weighted by molar-refractivity contribution is 0.513. The van der Waals surface area contributed by atoms with Crippen LogP contribution in [0.1, 0.15) is 29.9 Å². The largest absolute Gasteiger partial charge is 0.271 e. The molecule has 1 aromatic heterocycles. The normalized spacial score (nSPS) is 12.7. The summed E-state index contributed by atoms with van der Waals surface area (Å²) in [6.45, 7) is 4.57. The smallest absolute Gasteiger partial charge is 0.124 e. The summed E-state index contributed by atoms with van der Waals surface area (Å²) < 4.78 is 16.1. The van der Waals surface area contributed by atoms with Gasteiger partial charge in [-0.2, -0.15) is 5.10 Å². The molecule has 1 heterocycles. The summed E-state index contributed by atoms with van der Waals surface area (Å²) in [5.74, 6) is 5.33. The summed E-state index contributed by atoms with van der Waals surface area (Å²) in [5, 5.41) is 5.01. The van der Waals surface area contributed by atoms with E-state index in [9.17, 15) is 4.39 Å². The van der Waals surface area contributed by atoms with Crippen molar-refractivity contribution in [2.24, 2.45) is 5.84 Å². The highest BCUT2D eigenvalue weighted by Crippen LogP contribution is 2.27. The number of nitrogens with zero attached hydrogens (tertiary/aromatic N) is 2. The molecular weight excluding hydrogens is 359 g/mol. The average Bonchev–Trinajstić information content (AvgIpc) is 2.70. The molecule has 0 bridgehead atoms. The molecule has 0 aliphatic carbocycles. The fraction of sp³-hybridized carbons (Fsp3) is 0.357. The van der Waals surface area contributed by atoms with Gasteiger partial charge in [0.2, 0.25) is 0 Å². The maximum Gasteiger partial charge on any atom is 0.124 e. The lowest BCUT2D eigenvalue weighted by atomic mass is 10.0. The van der Waals surface area contributed by atoms with Gasteiger partial charge in [-0.15, -0.1) is 0 Å². The third-order valence-corrected chi connectivity index (χ3v) is 4.29. The van der Waals surface area contributed by atoms with Crippen molar-refractivity contribution in [3.05, 3.63) is 50.5 Å². The SMILES string of the molecule is CCn1nc(C)c(Cl)c1CC(NN)c1cc(F)cc(Br)c1. The molecule has 0 spiro atoms. The number of aryl methyl sites for hydroxylation is 2. The Kier molecular flexibility index (Phi) is 5.37. The Labute approximate surface area is 136 Å². The van der Waals surface area contributed by atoms with Gasteiger partial charge < -0.3 is 0 Å². The van der Waals surface area contributed by atoms with Crippen LogP contribution in [0.15, 0.2) is 22.7 Å². The number of hydrogen-bond donors (Lipinski definition) is 2. The van der Waals surface area contributed by atoms with Crippen molar-refractivity contribution in [1.82, 2.24) is 15.2 Å². The average molecular weight is 376 g/mol. The van der Waals surface area contributed by atoms with Gasteiger partial charge in [0.05, 0.1) is 22.5 Å². The summed E-state index contributed by atoms with van der Waals surface area (Å²) in [4.78, 5) is 0. The number of hydrogen-bond acceptors (Lipinski definition) is 3. The van der Waals surface area contributed by atoms with E-state index in [1.807, 2.05) is 24.6 Å². The molecule has 2 rings (SSSR count). The standard InChI is InChI=1S/C14H17BrClFN4/c1-3-21-13(14(16)8(2)20-21)7-12(19-18)9-4-10(15)6-11(17)5-9/h4-6,12,19H,3,7,18H2,1-2H3. The van der Waals surface area contributed by atoms with Crippen LogP contribution in [-0.2, 0) is 13.0 Å². The van der Waals surface area contributed by atoms with Gasteiger partial charge in [-0.05, 0) is 37.6 Å². The van der Waals surface area contributed by atoms with Crippen LogP contribution in [0.5, 0.6) is 0 Å². The first kappa shape index (κ1) is 16.4. The Morgan fingerprint density at radius 1 is 1.48 bits per heavy atom. The Morgan fingerprint density at radius 2 is 2.19 bits per heavy atom. The maximum atomic E-state index is 13.6. The summed E-state index contributed by atoms with van der Waals surface area (Å²) in [6.07, 6.45) is 0.528. The molecule has 0 fully saturated rings. The summed E-state index contributed by atoms with van der Waals surface area (Å²) >= 11 is 9.60. The zero-order valence-corrected chi connectivity index (χ0v) is 14.2. The highest BCUT2D eigenvalue weighted by atomic mass is 79.9. The minimum absolute atomic E-state index is 0.254. The van der Waals surface area contributed by atoms with E-state index in [4.69, 9.17) is 17.4 Å². The molecule has 0 amide bonds. The van der Waals surface area contributed by atoms with E-state index in [0.717, 1.165) is 17.0 Å². The van der Waals surface area contributed by atoms with Gasteiger partial charge in [-0.3, -0.25) is 16.0 Å². The minimum atomic E-state index is -0.314. The maximum absolute atomic E-state index is 13.6. The van der Waals surface area contributed by atoms with Crippen molar-refractivity contribution in [2.75, 3.05) is 0 Å².